The summed E-state index contributed by atoms with van der Waals surface area (Å²) in [4.78, 5) is 48.3. The molecule has 1 saturated carbocycles. The van der Waals surface area contributed by atoms with Crippen molar-refractivity contribution in [2.45, 2.75) is 84.8 Å². The lowest BCUT2D eigenvalue weighted by Crippen LogP contribution is -2.40. The molecule has 3 aliphatic rings. The Kier molecular flexibility index (Phi) is 9.76. The first-order chi connectivity index (χ1) is 24.1. The van der Waals surface area contributed by atoms with Crippen LogP contribution in [-0.4, -0.2) is 70.4 Å². The molecule has 0 spiro atoms. The number of fused-ring (bicyclic) bond motifs is 1. The molecule has 50 heavy (non-hydrogen) atoms. The number of likely N-dealkylation sites (tertiary alicyclic amines) is 1. The van der Waals surface area contributed by atoms with Gasteiger partial charge in [-0.25, -0.2) is 4.79 Å². The van der Waals surface area contributed by atoms with Gasteiger partial charge in [-0.1, -0.05) is 6.07 Å². The van der Waals surface area contributed by atoms with E-state index in [-0.39, 0.29) is 29.7 Å². The monoisotopic (exact) mass is 680 g/mol. The van der Waals surface area contributed by atoms with Crippen molar-refractivity contribution >= 4 is 22.6 Å². The Morgan fingerprint density at radius 3 is 2.36 bits per heavy atom. The molecular formula is C40H52N6O4. The van der Waals surface area contributed by atoms with Gasteiger partial charge in [0.05, 0.1) is 11.0 Å². The van der Waals surface area contributed by atoms with Crippen molar-refractivity contribution < 1.29 is 9.53 Å². The third kappa shape index (κ3) is 6.80. The van der Waals surface area contributed by atoms with E-state index in [0.717, 1.165) is 109 Å². The first-order valence-corrected chi connectivity index (χ1v) is 18.5. The average molecular weight is 681 g/mol. The number of nitrogens with one attached hydrogen (secondary N) is 2. The lowest BCUT2D eigenvalue weighted by molar-refractivity contribution is 0.0846. The number of rotatable bonds is 10. The van der Waals surface area contributed by atoms with Gasteiger partial charge in [0, 0.05) is 87.6 Å². The predicted molar refractivity (Wildman–Crippen MR) is 199 cm³/mol. The van der Waals surface area contributed by atoms with Gasteiger partial charge in [-0.3, -0.25) is 18.7 Å². The number of benzene rings is 2. The van der Waals surface area contributed by atoms with E-state index in [2.05, 4.69) is 51.3 Å². The number of aromatic amines is 1. The number of amides is 1. The smallest absolute Gasteiger partial charge is 0.329 e. The quantitative estimate of drug-likeness (QED) is 0.226. The van der Waals surface area contributed by atoms with E-state index in [1.807, 2.05) is 44.5 Å². The van der Waals surface area contributed by atoms with Gasteiger partial charge in [0.2, 0.25) is 0 Å². The van der Waals surface area contributed by atoms with Gasteiger partial charge in [0.25, 0.3) is 11.5 Å². The molecule has 0 atom stereocenters. The summed E-state index contributed by atoms with van der Waals surface area (Å²) in [6, 6.07) is 12.9. The van der Waals surface area contributed by atoms with Crippen molar-refractivity contribution in [3.8, 4) is 11.1 Å². The summed E-state index contributed by atoms with van der Waals surface area (Å²) in [5, 5.41) is 3.05. The number of nitrogens with zero attached hydrogens (tertiary/aromatic N) is 4. The Morgan fingerprint density at radius 2 is 1.68 bits per heavy atom. The number of hydrogen-bond donors (Lipinski definition) is 2. The van der Waals surface area contributed by atoms with Crippen LogP contribution in [0, 0.1) is 26.7 Å². The Balaban J connectivity index is 1.24. The Morgan fingerprint density at radius 1 is 0.940 bits per heavy atom. The van der Waals surface area contributed by atoms with Crippen LogP contribution in [0.5, 0.6) is 0 Å². The van der Waals surface area contributed by atoms with Gasteiger partial charge >= 0.3 is 5.69 Å². The van der Waals surface area contributed by atoms with Gasteiger partial charge in [-0.15, -0.1) is 0 Å². The van der Waals surface area contributed by atoms with Gasteiger partial charge in [-0.05, 0) is 125 Å². The number of anilines is 1. The second-order valence-electron chi connectivity index (χ2n) is 14.8. The molecule has 2 aromatic heterocycles. The van der Waals surface area contributed by atoms with Crippen LogP contribution in [0.3, 0.4) is 0 Å². The predicted octanol–water partition coefficient (Wildman–Crippen LogP) is 5.60. The van der Waals surface area contributed by atoms with Crippen LogP contribution in [-0.2, 0) is 18.3 Å². The molecule has 0 radical (unpaired) electrons. The van der Waals surface area contributed by atoms with Crippen LogP contribution in [0.25, 0.3) is 22.2 Å². The van der Waals surface area contributed by atoms with Crippen molar-refractivity contribution in [3.63, 3.8) is 0 Å². The summed E-state index contributed by atoms with van der Waals surface area (Å²) in [7, 11) is 1.87. The number of ether oxygens (including phenoxy) is 1. The van der Waals surface area contributed by atoms with Crippen molar-refractivity contribution in [3.05, 3.63) is 85.2 Å². The number of pyridine rings is 1. The maximum atomic E-state index is 14.0. The molecule has 2 N–H and O–H groups in total. The highest BCUT2D eigenvalue weighted by molar-refractivity contribution is 5.99. The van der Waals surface area contributed by atoms with Crippen LogP contribution < -0.4 is 21.5 Å². The third-order valence-corrected chi connectivity index (χ3v) is 11.4. The SMILES string of the molecule is CCN(c1cc(-c2ccc3c(c2)n(C)c(=O)n3C2CCN(CC3CC3)CC2)cc(C(=O)NCc2c(C)cc(C)[nH]c2=O)c1C)C1CCOCC1. The van der Waals surface area contributed by atoms with E-state index in [1.165, 1.54) is 19.4 Å². The summed E-state index contributed by atoms with van der Waals surface area (Å²) >= 11 is 0. The Bertz CT molecular complexity index is 2010. The lowest BCUT2D eigenvalue weighted by Gasteiger charge is -2.37. The fraction of sp³-hybridized carbons (Fsp3) is 0.525. The number of hydrogen-bond acceptors (Lipinski definition) is 6. The molecular weight excluding hydrogens is 628 g/mol. The minimum absolute atomic E-state index is 0.0283. The highest BCUT2D eigenvalue weighted by atomic mass is 16.5. The van der Waals surface area contributed by atoms with Gasteiger partial charge in [-0.2, -0.15) is 0 Å². The van der Waals surface area contributed by atoms with Gasteiger partial charge < -0.3 is 24.8 Å². The molecule has 3 fully saturated rings. The number of aryl methyl sites for hydroxylation is 3. The van der Waals surface area contributed by atoms with Crippen LogP contribution in [0.1, 0.15) is 84.2 Å². The Labute approximate surface area is 294 Å². The minimum Gasteiger partial charge on any atom is -0.381 e. The Hall–Kier alpha value is -4.15. The number of carbonyl (C=O) groups excluding carboxylic acids is 1. The zero-order chi connectivity index (χ0) is 35.1. The lowest BCUT2D eigenvalue weighted by atomic mass is 9.95. The van der Waals surface area contributed by atoms with E-state index in [0.29, 0.717) is 17.2 Å². The first-order valence-electron chi connectivity index (χ1n) is 18.5. The topological polar surface area (TPSA) is 105 Å². The average Bonchev–Trinajstić information content (AvgIpc) is 3.89. The molecule has 266 valence electrons. The fourth-order valence-corrected chi connectivity index (χ4v) is 8.31. The summed E-state index contributed by atoms with van der Waals surface area (Å²) < 4.78 is 9.49. The first kappa shape index (κ1) is 34.3. The second-order valence-corrected chi connectivity index (χ2v) is 14.8. The zero-order valence-corrected chi connectivity index (χ0v) is 30.3. The van der Waals surface area contributed by atoms with Crippen molar-refractivity contribution in [2.75, 3.05) is 44.3 Å². The molecule has 2 aromatic carbocycles. The molecule has 1 aliphatic carbocycles. The molecule has 1 amide bonds. The van der Waals surface area contributed by atoms with Crippen molar-refractivity contribution in [1.82, 2.24) is 24.3 Å². The molecule has 7 rings (SSSR count). The molecule has 0 unspecified atom stereocenters. The van der Waals surface area contributed by atoms with E-state index in [9.17, 15) is 14.4 Å². The summed E-state index contributed by atoms with van der Waals surface area (Å²) in [6.45, 7) is 13.6. The van der Waals surface area contributed by atoms with Crippen molar-refractivity contribution in [2.24, 2.45) is 13.0 Å². The molecule has 10 nitrogen and oxygen atoms in total. The molecule has 4 aromatic rings. The highest BCUT2D eigenvalue weighted by Crippen LogP contribution is 2.36. The van der Waals surface area contributed by atoms with Crippen molar-refractivity contribution in [1.29, 1.82) is 0 Å². The largest absolute Gasteiger partial charge is 0.381 e. The maximum Gasteiger partial charge on any atom is 0.329 e. The third-order valence-electron chi connectivity index (χ3n) is 11.4. The number of aromatic nitrogens is 3. The molecule has 0 bridgehead atoms. The van der Waals surface area contributed by atoms with Crippen LogP contribution in [0.4, 0.5) is 5.69 Å². The maximum absolute atomic E-state index is 14.0. The van der Waals surface area contributed by atoms with E-state index < -0.39 is 0 Å². The van der Waals surface area contributed by atoms with Crippen LogP contribution in [0.2, 0.25) is 0 Å². The van der Waals surface area contributed by atoms with E-state index in [1.54, 1.807) is 4.57 Å². The van der Waals surface area contributed by atoms with Crippen LogP contribution in [0.15, 0.2) is 46.0 Å². The molecule has 2 aliphatic heterocycles. The summed E-state index contributed by atoms with van der Waals surface area (Å²) in [6.07, 6.45) is 6.55. The zero-order valence-electron chi connectivity index (χ0n) is 30.3. The minimum atomic E-state index is -0.222. The summed E-state index contributed by atoms with van der Waals surface area (Å²) in [5.74, 6) is 0.655. The molecule has 10 heteroatoms. The highest BCUT2D eigenvalue weighted by Gasteiger charge is 2.30. The number of H-pyrrole nitrogens is 1. The fourth-order valence-electron chi connectivity index (χ4n) is 8.31. The van der Waals surface area contributed by atoms with Crippen LogP contribution >= 0.6 is 0 Å². The number of carbonyl (C=O) groups is 1. The second kappa shape index (κ2) is 14.2. The van der Waals surface area contributed by atoms with E-state index in [4.69, 9.17) is 4.74 Å². The normalized spacial score (nSPS) is 17.8. The van der Waals surface area contributed by atoms with E-state index >= 15 is 0 Å². The number of imidazole rings is 1. The van der Waals surface area contributed by atoms with Gasteiger partial charge in [0.1, 0.15) is 0 Å². The standard InChI is InChI=1S/C40H52N6O4/c1-6-45(31-13-17-50-18-14-31)36-22-30(20-33(27(36)4)38(47)41-23-34-25(2)19-26(3)42-39(34)48)29-9-10-35-37(21-29)43(5)40(49)46(35)32-11-15-44(16-12-32)24-28-7-8-28/h9-10,19-22,28,31-32H,6-8,11-18,23-24H2,1-5H3,(H,41,47)(H,42,48). The molecule has 4 heterocycles. The molecule has 2 saturated heterocycles. The number of piperidine rings is 1. The van der Waals surface area contributed by atoms with Gasteiger partial charge in [0.15, 0.2) is 0 Å². The summed E-state index contributed by atoms with van der Waals surface area (Å²) in [5.41, 5.74) is 8.28.